The Morgan fingerprint density at radius 3 is 2.83 bits per heavy atom. The van der Waals surface area contributed by atoms with Gasteiger partial charge in [0.25, 0.3) is 5.91 Å². The monoisotopic (exact) mass is 362 g/mol. The number of hydrogen-bond donors (Lipinski definition) is 2. The van der Waals surface area contributed by atoms with Crippen molar-refractivity contribution in [3.63, 3.8) is 0 Å². The van der Waals surface area contributed by atoms with Gasteiger partial charge in [0.15, 0.2) is 6.61 Å². The molecule has 1 aromatic carbocycles. The highest BCUT2D eigenvalue weighted by atomic mass is 35.5. The average molecular weight is 363 g/mol. The molecule has 0 bridgehead atoms. The lowest BCUT2D eigenvalue weighted by molar-refractivity contribution is -0.124. The first-order chi connectivity index (χ1) is 11.6. The number of H-pyrrole nitrogens is 1. The van der Waals surface area contributed by atoms with Crippen molar-refractivity contribution in [2.24, 2.45) is 0 Å². The fourth-order valence-corrected chi connectivity index (χ4v) is 3.29. The van der Waals surface area contributed by atoms with Crippen LogP contribution in [0.15, 0.2) is 42.6 Å². The highest BCUT2D eigenvalue weighted by Crippen LogP contribution is 2.22. The van der Waals surface area contributed by atoms with E-state index in [4.69, 9.17) is 16.3 Å². The number of halogens is 1. The van der Waals surface area contributed by atoms with Crippen LogP contribution in [-0.4, -0.2) is 30.0 Å². The quantitative estimate of drug-likeness (QED) is 0.660. The molecule has 2 heterocycles. The third-order valence-electron chi connectivity index (χ3n) is 3.50. The molecule has 24 heavy (non-hydrogen) atoms. The fourth-order valence-electron chi connectivity index (χ4n) is 2.35. The van der Waals surface area contributed by atoms with Gasteiger partial charge >= 0.3 is 5.97 Å². The Labute approximate surface area is 147 Å². The zero-order valence-electron chi connectivity index (χ0n) is 12.7. The SMILES string of the molecule is O=C(COC(=O)c1ccc(Cl)s1)NCCc1c[nH]c2ccccc12. The molecule has 7 heteroatoms. The van der Waals surface area contributed by atoms with Gasteiger partial charge in [0.2, 0.25) is 0 Å². The zero-order chi connectivity index (χ0) is 16.9. The van der Waals surface area contributed by atoms with E-state index < -0.39 is 5.97 Å². The van der Waals surface area contributed by atoms with Gasteiger partial charge in [-0.05, 0) is 30.2 Å². The summed E-state index contributed by atoms with van der Waals surface area (Å²) in [6, 6.07) is 11.2. The molecule has 0 aliphatic heterocycles. The number of amides is 1. The number of thiophene rings is 1. The molecule has 1 amide bonds. The molecule has 3 aromatic rings. The van der Waals surface area contributed by atoms with E-state index >= 15 is 0 Å². The molecule has 2 N–H and O–H groups in total. The van der Waals surface area contributed by atoms with Crippen LogP contribution in [0.25, 0.3) is 10.9 Å². The second kappa shape index (κ2) is 7.51. The number of ether oxygens (including phenoxy) is 1. The van der Waals surface area contributed by atoms with Gasteiger partial charge in [0, 0.05) is 23.6 Å². The maximum absolute atomic E-state index is 11.8. The lowest BCUT2D eigenvalue weighted by Gasteiger charge is -2.05. The number of rotatable bonds is 6. The summed E-state index contributed by atoms with van der Waals surface area (Å²) >= 11 is 6.88. The molecule has 124 valence electrons. The molecule has 3 rings (SSSR count). The van der Waals surface area contributed by atoms with Crippen molar-refractivity contribution < 1.29 is 14.3 Å². The van der Waals surface area contributed by atoms with Crippen LogP contribution in [0, 0.1) is 0 Å². The van der Waals surface area contributed by atoms with Crippen LogP contribution in [-0.2, 0) is 16.0 Å². The summed E-state index contributed by atoms with van der Waals surface area (Å²) in [5, 5.41) is 3.89. The van der Waals surface area contributed by atoms with Crippen LogP contribution < -0.4 is 5.32 Å². The molecule has 0 radical (unpaired) electrons. The first-order valence-corrected chi connectivity index (χ1v) is 8.57. The number of aromatic amines is 1. The summed E-state index contributed by atoms with van der Waals surface area (Å²) < 4.78 is 5.46. The Hall–Kier alpha value is -2.31. The van der Waals surface area contributed by atoms with Crippen LogP contribution in [0.1, 0.15) is 15.2 Å². The predicted octanol–water partition coefficient (Wildman–Crippen LogP) is 3.40. The highest BCUT2D eigenvalue weighted by molar-refractivity contribution is 7.17. The van der Waals surface area contributed by atoms with Crippen molar-refractivity contribution >= 4 is 45.7 Å². The van der Waals surface area contributed by atoms with Gasteiger partial charge in [-0.3, -0.25) is 4.79 Å². The van der Waals surface area contributed by atoms with E-state index in [0.29, 0.717) is 22.2 Å². The minimum absolute atomic E-state index is 0.303. The zero-order valence-corrected chi connectivity index (χ0v) is 14.2. The Morgan fingerprint density at radius 1 is 1.21 bits per heavy atom. The number of para-hydroxylation sites is 1. The van der Waals surface area contributed by atoms with E-state index in [-0.39, 0.29) is 12.5 Å². The van der Waals surface area contributed by atoms with E-state index in [1.807, 2.05) is 30.5 Å². The molecular formula is C17H15ClN2O3S. The third-order valence-corrected chi connectivity index (χ3v) is 4.71. The maximum Gasteiger partial charge on any atom is 0.348 e. The summed E-state index contributed by atoms with van der Waals surface area (Å²) in [4.78, 5) is 27.0. The van der Waals surface area contributed by atoms with E-state index in [9.17, 15) is 9.59 Å². The largest absolute Gasteiger partial charge is 0.451 e. The lowest BCUT2D eigenvalue weighted by Crippen LogP contribution is -2.30. The van der Waals surface area contributed by atoms with Crippen LogP contribution in [0.5, 0.6) is 0 Å². The summed E-state index contributed by atoms with van der Waals surface area (Å²) in [5.74, 6) is -0.871. The van der Waals surface area contributed by atoms with Gasteiger partial charge in [0.1, 0.15) is 4.88 Å². The number of carbonyl (C=O) groups excluding carboxylic acids is 2. The van der Waals surface area contributed by atoms with Crippen molar-refractivity contribution in [2.75, 3.05) is 13.2 Å². The topological polar surface area (TPSA) is 71.2 Å². The molecule has 0 fully saturated rings. The van der Waals surface area contributed by atoms with Gasteiger partial charge in [-0.25, -0.2) is 4.79 Å². The molecule has 0 spiro atoms. The van der Waals surface area contributed by atoms with Crippen LogP contribution in [0.3, 0.4) is 0 Å². The lowest BCUT2D eigenvalue weighted by atomic mass is 10.1. The van der Waals surface area contributed by atoms with Gasteiger partial charge in [-0.15, -0.1) is 11.3 Å². The first-order valence-electron chi connectivity index (χ1n) is 7.37. The maximum atomic E-state index is 11.8. The van der Waals surface area contributed by atoms with Crippen molar-refractivity contribution in [3.8, 4) is 0 Å². The minimum Gasteiger partial charge on any atom is -0.451 e. The smallest absolute Gasteiger partial charge is 0.348 e. The Morgan fingerprint density at radius 2 is 2.04 bits per heavy atom. The molecule has 0 atom stereocenters. The van der Waals surface area contributed by atoms with Crippen molar-refractivity contribution in [1.29, 1.82) is 0 Å². The summed E-state index contributed by atoms with van der Waals surface area (Å²) in [7, 11) is 0. The number of benzene rings is 1. The van der Waals surface area contributed by atoms with Crippen molar-refractivity contribution in [3.05, 3.63) is 57.4 Å². The average Bonchev–Trinajstić information content (AvgIpc) is 3.19. The molecule has 2 aromatic heterocycles. The number of hydrogen-bond acceptors (Lipinski definition) is 4. The fraction of sp³-hybridized carbons (Fsp3) is 0.176. The molecule has 5 nitrogen and oxygen atoms in total. The highest BCUT2D eigenvalue weighted by Gasteiger charge is 2.12. The standard InChI is InChI=1S/C17H15ClN2O3S/c18-15-6-5-14(24-15)17(22)23-10-16(21)19-8-7-11-9-20-13-4-2-1-3-12(11)13/h1-6,9,20H,7-8,10H2,(H,19,21). The van der Waals surface area contributed by atoms with Crippen LogP contribution in [0.4, 0.5) is 0 Å². The molecular weight excluding hydrogens is 348 g/mol. The second-order valence-electron chi connectivity index (χ2n) is 5.14. The van der Waals surface area contributed by atoms with Crippen molar-refractivity contribution in [1.82, 2.24) is 10.3 Å². The molecule has 0 aliphatic carbocycles. The molecule has 0 saturated carbocycles. The number of aromatic nitrogens is 1. The van der Waals surface area contributed by atoms with Gasteiger partial charge in [0.05, 0.1) is 4.34 Å². The van der Waals surface area contributed by atoms with Gasteiger partial charge in [-0.1, -0.05) is 29.8 Å². The Balaban J connectivity index is 1.43. The van der Waals surface area contributed by atoms with E-state index in [2.05, 4.69) is 10.3 Å². The van der Waals surface area contributed by atoms with E-state index in [1.165, 1.54) is 0 Å². The van der Waals surface area contributed by atoms with Gasteiger partial charge < -0.3 is 15.0 Å². The van der Waals surface area contributed by atoms with Crippen molar-refractivity contribution in [2.45, 2.75) is 6.42 Å². The number of fused-ring (bicyclic) bond motifs is 1. The number of nitrogens with one attached hydrogen (secondary N) is 2. The van der Waals surface area contributed by atoms with Crippen LogP contribution in [0.2, 0.25) is 4.34 Å². The first kappa shape index (κ1) is 16.5. The van der Waals surface area contributed by atoms with Crippen LogP contribution >= 0.6 is 22.9 Å². The molecule has 0 aliphatic rings. The number of carbonyl (C=O) groups is 2. The summed E-state index contributed by atoms with van der Waals surface area (Å²) in [6.07, 6.45) is 2.64. The molecule has 0 saturated heterocycles. The normalized spacial score (nSPS) is 10.7. The van der Waals surface area contributed by atoms with E-state index in [0.717, 1.165) is 27.8 Å². The van der Waals surface area contributed by atoms with Gasteiger partial charge in [-0.2, -0.15) is 0 Å². The Kier molecular flexibility index (Phi) is 5.17. The molecule has 0 unspecified atom stereocenters. The predicted molar refractivity (Wildman–Crippen MR) is 94.6 cm³/mol. The Bertz CT molecular complexity index is 871. The minimum atomic E-state index is -0.543. The van der Waals surface area contributed by atoms with E-state index in [1.54, 1.807) is 12.1 Å². The second-order valence-corrected chi connectivity index (χ2v) is 6.85. The number of esters is 1. The summed E-state index contributed by atoms with van der Waals surface area (Å²) in [6.45, 7) is 0.172. The summed E-state index contributed by atoms with van der Waals surface area (Å²) in [5.41, 5.74) is 2.21. The third kappa shape index (κ3) is 3.96.